The van der Waals surface area contributed by atoms with Gasteiger partial charge in [-0.05, 0) is 42.7 Å². The number of nitrogens with zero attached hydrogens (tertiary/aromatic N) is 5. The van der Waals surface area contributed by atoms with Gasteiger partial charge in [-0.2, -0.15) is 5.11 Å². The summed E-state index contributed by atoms with van der Waals surface area (Å²) in [4.78, 5) is 23.8. The smallest absolute Gasteiger partial charge is 0.329 e. The van der Waals surface area contributed by atoms with Crippen molar-refractivity contribution in [3.63, 3.8) is 0 Å². The number of nitrogens with one attached hydrogen (secondary N) is 1. The molecule has 5 N–H and O–H groups in total. The van der Waals surface area contributed by atoms with Crippen LogP contribution < -0.4 is 16.3 Å². The number of rotatable bonds is 12. The van der Waals surface area contributed by atoms with Gasteiger partial charge in [0.1, 0.15) is 35.2 Å². The van der Waals surface area contributed by atoms with Gasteiger partial charge < -0.3 is 31.4 Å². The molecule has 1 fully saturated rings. The molecule has 0 aliphatic carbocycles. The molecule has 1 aromatic heterocycles. The highest BCUT2D eigenvalue weighted by molar-refractivity contribution is 7.99. The number of dihydropyridines is 1. The monoisotopic (exact) mass is 664 g/mol. The summed E-state index contributed by atoms with van der Waals surface area (Å²) in [6.07, 6.45) is 5.16. The summed E-state index contributed by atoms with van der Waals surface area (Å²) in [6.45, 7) is 1.82. The molecule has 45 heavy (non-hydrogen) atoms. The highest BCUT2D eigenvalue weighted by Gasteiger charge is 2.32. The van der Waals surface area contributed by atoms with Gasteiger partial charge in [0.05, 0.1) is 5.69 Å². The summed E-state index contributed by atoms with van der Waals surface area (Å²) in [5.74, 6) is 6.46. The molecule has 2 aliphatic rings. The Morgan fingerprint density at radius 1 is 1.13 bits per heavy atom. The fourth-order valence-electron chi connectivity index (χ4n) is 5.01. The van der Waals surface area contributed by atoms with Crippen LogP contribution in [0.15, 0.2) is 86.6 Å². The van der Waals surface area contributed by atoms with Crippen LogP contribution in [0.3, 0.4) is 0 Å². The Balaban J connectivity index is 1.35. The molecule has 1 saturated heterocycles. The van der Waals surface area contributed by atoms with E-state index in [-0.39, 0.29) is 25.1 Å². The van der Waals surface area contributed by atoms with E-state index in [1.54, 1.807) is 29.3 Å². The van der Waals surface area contributed by atoms with E-state index in [0.29, 0.717) is 16.5 Å². The normalized spacial score (nSPS) is 17.6. The van der Waals surface area contributed by atoms with Crippen LogP contribution in [0, 0.1) is 5.41 Å². The number of esters is 1. The number of benzene rings is 2. The molecule has 2 aromatic carbocycles. The van der Waals surface area contributed by atoms with Crippen LogP contribution in [-0.4, -0.2) is 66.1 Å². The van der Waals surface area contributed by atoms with Gasteiger partial charge >= 0.3 is 5.97 Å². The lowest BCUT2D eigenvalue weighted by Gasteiger charge is -2.31. The first-order valence-corrected chi connectivity index (χ1v) is 16.6. The Morgan fingerprint density at radius 2 is 1.87 bits per heavy atom. The number of thiazole rings is 1. The minimum Gasteiger partial charge on any atom is -0.490 e. The second kappa shape index (κ2) is 15.7. The van der Waals surface area contributed by atoms with E-state index >= 15 is 0 Å². The maximum atomic E-state index is 11.5. The van der Waals surface area contributed by atoms with Crippen LogP contribution in [0.2, 0.25) is 5.02 Å². The van der Waals surface area contributed by atoms with E-state index in [1.165, 1.54) is 6.21 Å². The zero-order valence-corrected chi connectivity index (χ0v) is 26.8. The summed E-state index contributed by atoms with van der Waals surface area (Å²) in [5.41, 5.74) is 11.6. The van der Waals surface area contributed by atoms with E-state index in [0.717, 1.165) is 70.3 Å². The second-order valence-electron chi connectivity index (χ2n) is 10.0. The third kappa shape index (κ3) is 8.10. The Labute approximate surface area is 274 Å². The van der Waals surface area contributed by atoms with Gasteiger partial charge in [0.15, 0.2) is 6.54 Å². The molecule has 1 unspecified atom stereocenters. The van der Waals surface area contributed by atoms with Crippen LogP contribution in [0.1, 0.15) is 24.1 Å². The maximum Gasteiger partial charge on any atom is 0.329 e. The molecular weight excluding hydrogens is 632 g/mol. The summed E-state index contributed by atoms with van der Waals surface area (Å²) in [6, 6.07) is 15.3. The Bertz CT molecular complexity index is 1610. The number of aromatic nitrogens is 1. The van der Waals surface area contributed by atoms with Gasteiger partial charge in [-0.1, -0.05) is 41.1 Å². The van der Waals surface area contributed by atoms with Crippen molar-refractivity contribution in [2.75, 3.05) is 32.8 Å². The Kier molecular flexibility index (Phi) is 11.2. The number of hydrogen-bond donors (Lipinski definition) is 3. The van der Waals surface area contributed by atoms with Crippen molar-refractivity contribution in [1.29, 1.82) is 5.41 Å². The zero-order valence-electron chi connectivity index (χ0n) is 24.4. The van der Waals surface area contributed by atoms with Gasteiger partial charge in [-0.3, -0.25) is 0 Å². The van der Waals surface area contributed by atoms with Crippen molar-refractivity contribution in [3.05, 3.63) is 87.5 Å². The molecule has 2 aliphatic heterocycles. The van der Waals surface area contributed by atoms with Crippen molar-refractivity contribution in [2.45, 2.75) is 24.0 Å². The predicted octanol–water partition coefficient (Wildman–Crippen LogP) is 5.72. The van der Waals surface area contributed by atoms with E-state index < -0.39 is 5.97 Å². The topological polar surface area (TPSA) is 165 Å². The van der Waals surface area contributed by atoms with Crippen molar-refractivity contribution >= 4 is 58.3 Å². The molecule has 0 saturated carbocycles. The van der Waals surface area contributed by atoms with Crippen LogP contribution in [0.4, 0.5) is 0 Å². The first kappa shape index (κ1) is 32.2. The summed E-state index contributed by atoms with van der Waals surface area (Å²) in [5, 5.41) is 18.2. The number of thioether (sulfide) groups is 1. The largest absolute Gasteiger partial charge is 0.490 e. The zero-order chi connectivity index (χ0) is 31.6. The molecule has 1 atom stereocenters. The number of aliphatic imine (C=N–C) groups is 1. The molecule has 0 amide bonds. The molecule has 14 heteroatoms. The first-order valence-electron chi connectivity index (χ1n) is 14.3. The van der Waals surface area contributed by atoms with Crippen molar-refractivity contribution in [3.8, 4) is 16.3 Å². The standard InChI is InChI=1S/C31H33ClN8O3S2/c32-22-7-3-21(4-8-22)30-37-23(18-44-30)19-45-31-26(16-34)28(25(15-33)29(38-31)40-11-1-2-12-40)20-5-9-24(10-6-20)42-13-14-43-27(41)17-36-39-35/h3-10,15-16,18,31,34H,1-2,11-14,17,19,33H2,(H2,35,36). The van der Waals surface area contributed by atoms with E-state index in [9.17, 15) is 4.79 Å². The number of carbonyl (C=O) groups excluding carboxylic acids is 1. The number of carbonyl (C=O) groups is 1. The lowest BCUT2D eigenvalue weighted by atomic mass is 9.90. The number of halogens is 1. The van der Waals surface area contributed by atoms with E-state index in [2.05, 4.69) is 20.6 Å². The van der Waals surface area contributed by atoms with Crippen molar-refractivity contribution in [2.24, 2.45) is 26.9 Å². The van der Waals surface area contributed by atoms with E-state index in [1.807, 2.05) is 48.5 Å². The molecular formula is C31H33ClN8O3S2. The molecule has 5 rings (SSSR count). The average molecular weight is 665 g/mol. The number of nitrogens with two attached hydrogens (primary N) is 2. The van der Waals surface area contributed by atoms with Crippen molar-refractivity contribution in [1.82, 2.24) is 9.88 Å². The minimum absolute atomic E-state index is 0.0680. The number of hydrogen-bond acceptors (Lipinski definition) is 12. The molecule has 11 nitrogen and oxygen atoms in total. The quantitative estimate of drug-likeness (QED) is 0.0552. The maximum absolute atomic E-state index is 11.5. The highest BCUT2D eigenvalue weighted by atomic mass is 35.5. The SMILES string of the molecule is N=CC1=C(c2ccc(OCCOC(=O)CN=NN)cc2)C(=CN)C(N2CCCC2)=NC1SCc1csc(-c2ccc(Cl)cc2)n1. The van der Waals surface area contributed by atoms with Gasteiger partial charge in [-0.15, -0.1) is 23.1 Å². The van der Waals surface area contributed by atoms with Crippen LogP contribution in [0.25, 0.3) is 16.1 Å². The van der Waals surface area contributed by atoms with Gasteiger partial charge in [-0.25, -0.2) is 14.8 Å². The molecule has 3 heterocycles. The Morgan fingerprint density at radius 3 is 2.56 bits per heavy atom. The third-order valence-electron chi connectivity index (χ3n) is 7.10. The van der Waals surface area contributed by atoms with Crippen LogP contribution in [0.5, 0.6) is 5.75 Å². The number of ether oxygens (including phenoxy) is 2. The molecule has 234 valence electrons. The minimum atomic E-state index is -0.535. The van der Waals surface area contributed by atoms with Crippen LogP contribution >= 0.6 is 34.7 Å². The fraction of sp³-hybridized carbons (Fsp3) is 0.290. The summed E-state index contributed by atoms with van der Waals surface area (Å²) < 4.78 is 10.8. The molecule has 3 aromatic rings. The fourth-order valence-corrected chi connectivity index (χ4v) is 7.09. The van der Waals surface area contributed by atoms with E-state index in [4.69, 9.17) is 48.0 Å². The second-order valence-corrected chi connectivity index (χ2v) is 12.4. The first-order chi connectivity index (χ1) is 22.0. The predicted molar refractivity (Wildman–Crippen MR) is 181 cm³/mol. The third-order valence-corrected chi connectivity index (χ3v) is 9.43. The highest BCUT2D eigenvalue weighted by Crippen LogP contribution is 2.40. The summed E-state index contributed by atoms with van der Waals surface area (Å²) >= 11 is 9.29. The molecule has 0 radical (unpaired) electrons. The lowest BCUT2D eigenvalue weighted by Crippen LogP contribution is -2.34. The summed E-state index contributed by atoms with van der Waals surface area (Å²) in [7, 11) is 0. The van der Waals surface area contributed by atoms with Gasteiger partial charge in [0.25, 0.3) is 0 Å². The lowest BCUT2D eigenvalue weighted by molar-refractivity contribution is -0.142. The van der Waals surface area contributed by atoms with Gasteiger partial charge in [0, 0.05) is 63.9 Å². The molecule has 0 spiro atoms. The van der Waals surface area contributed by atoms with Crippen molar-refractivity contribution < 1.29 is 14.3 Å². The number of likely N-dealkylation sites (tertiary alicyclic amines) is 1. The number of amidine groups is 1. The van der Waals surface area contributed by atoms with Gasteiger partial charge in [0.2, 0.25) is 0 Å². The average Bonchev–Trinajstić information content (AvgIpc) is 3.78. The van der Waals surface area contributed by atoms with Crippen LogP contribution in [-0.2, 0) is 15.3 Å². The Hall–Kier alpha value is -4.20. The molecule has 0 bridgehead atoms.